The second-order valence-corrected chi connectivity index (χ2v) is 5.59. The van der Waals surface area contributed by atoms with Crippen LogP contribution in [0.2, 0.25) is 0 Å². The van der Waals surface area contributed by atoms with Crippen LogP contribution in [0.3, 0.4) is 0 Å². The van der Waals surface area contributed by atoms with E-state index in [1.807, 2.05) is 19.1 Å². The second-order valence-electron chi connectivity index (χ2n) is 5.59. The minimum Gasteiger partial charge on any atom is -0.464 e. The van der Waals surface area contributed by atoms with E-state index in [0.717, 1.165) is 31.2 Å². The maximum absolute atomic E-state index is 6.08. The van der Waals surface area contributed by atoms with Gasteiger partial charge in [0.15, 0.2) is 0 Å². The first-order valence-electron chi connectivity index (χ1n) is 6.66. The minimum absolute atomic E-state index is 0.0867. The molecule has 2 fully saturated rings. The molecule has 0 bridgehead atoms. The Morgan fingerprint density at radius 3 is 2.82 bits per heavy atom. The van der Waals surface area contributed by atoms with Crippen molar-refractivity contribution in [2.45, 2.75) is 38.7 Å². The standard InChI is InChI=1S/C14H21NO2/c1-11-4-5-12(17-11)13-8-15-9-14(10-16-13)6-2-3-7-14/h4-5,13,15H,2-3,6-10H2,1H3. The van der Waals surface area contributed by atoms with Crippen molar-refractivity contribution in [3.63, 3.8) is 0 Å². The highest BCUT2D eigenvalue weighted by Gasteiger charge is 2.37. The van der Waals surface area contributed by atoms with Crippen LogP contribution in [-0.2, 0) is 4.74 Å². The van der Waals surface area contributed by atoms with Gasteiger partial charge in [0.2, 0.25) is 0 Å². The lowest BCUT2D eigenvalue weighted by atomic mass is 9.87. The lowest BCUT2D eigenvalue weighted by Gasteiger charge is -2.26. The van der Waals surface area contributed by atoms with E-state index in [0.29, 0.717) is 5.41 Å². The number of nitrogens with one attached hydrogen (secondary N) is 1. The molecule has 1 saturated heterocycles. The summed E-state index contributed by atoms with van der Waals surface area (Å²) >= 11 is 0. The second kappa shape index (κ2) is 4.46. The molecule has 1 unspecified atom stereocenters. The van der Waals surface area contributed by atoms with Crippen LogP contribution < -0.4 is 5.32 Å². The molecule has 0 aromatic carbocycles. The van der Waals surface area contributed by atoms with E-state index in [4.69, 9.17) is 9.15 Å². The van der Waals surface area contributed by atoms with Gasteiger partial charge in [0.25, 0.3) is 0 Å². The normalized spacial score (nSPS) is 28.4. The van der Waals surface area contributed by atoms with Crippen molar-refractivity contribution >= 4 is 0 Å². The molecule has 1 saturated carbocycles. The molecule has 0 radical (unpaired) electrons. The highest BCUT2D eigenvalue weighted by atomic mass is 16.5. The van der Waals surface area contributed by atoms with Gasteiger partial charge in [-0.25, -0.2) is 0 Å². The quantitative estimate of drug-likeness (QED) is 0.812. The molecule has 94 valence electrons. The number of aryl methyl sites for hydroxylation is 1. The topological polar surface area (TPSA) is 34.4 Å². The predicted molar refractivity (Wildman–Crippen MR) is 65.9 cm³/mol. The van der Waals surface area contributed by atoms with Crippen molar-refractivity contribution < 1.29 is 9.15 Å². The van der Waals surface area contributed by atoms with E-state index in [1.54, 1.807) is 0 Å². The van der Waals surface area contributed by atoms with Crippen LogP contribution in [0.25, 0.3) is 0 Å². The van der Waals surface area contributed by atoms with Gasteiger partial charge in [-0.3, -0.25) is 0 Å². The summed E-state index contributed by atoms with van der Waals surface area (Å²) in [5.74, 6) is 1.92. The van der Waals surface area contributed by atoms with E-state index >= 15 is 0 Å². The Hall–Kier alpha value is -0.800. The lowest BCUT2D eigenvalue weighted by Crippen LogP contribution is -2.32. The van der Waals surface area contributed by atoms with Gasteiger partial charge in [-0.05, 0) is 31.9 Å². The first kappa shape index (κ1) is 11.3. The molecule has 1 atom stereocenters. The third-order valence-corrected chi connectivity index (χ3v) is 4.16. The van der Waals surface area contributed by atoms with Crippen LogP contribution >= 0.6 is 0 Å². The maximum atomic E-state index is 6.08. The van der Waals surface area contributed by atoms with Crippen LogP contribution in [0.15, 0.2) is 16.5 Å². The molecule has 17 heavy (non-hydrogen) atoms. The van der Waals surface area contributed by atoms with Crippen LogP contribution in [0.5, 0.6) is 0 Å². The van der Waals surface area contributed by atoms with Gasteiger partial charge in [0.1, 0.15) is 17.6 Å². The van der Waals surface area contributed by atoms with E-state index in [9.17, 15) is 0 Å². The summed E-state index contributed by atoms with van der Waals surface area (Å²) in [6.45, 7) is 4.83. The summed E-state index contributed by atoms with van der Waals surface area (Å²) in [4.78, 5) is 0. The molecule has 1 spiro atoms. The zero-order valence-corrected chi connectivity index (χ0v) is 10.5. The molecule has 2 aliphatic rings. The first-order valence-corrected chi connectivity index (χ1v) is 6.66. The summed E-state index contributed by atoms with van der Waals surface area (Å²) in [5, 5.41) is 3.55. The Balaban J connectivity index is 1.69. The molecule has 0 amide bonds. The summed E-state index contributed by atoms with van der Waals surface area (Å²) in [6.07, 6.45) is 5.42. The van der Waals surface area contributed by atoms with E-state index in [2.05, 4.69) is 5.32 Å². The Labute approximate surface area is 103 Å². The van der Waals surface area contributed by atoms with Crippen LogP contribution in [-0.4, -0.2) is 19.7 Å². The monoisotopic (exact) mass is 235 g/mol. The average Bonchev–Trinajstić information content (AvgIpc) is 2.87. The fourth-order valence-electron chi connectivity index (χ4n) is 3.11. The van der Waals surface area contributed by atoms with Gasteiger partial charge in [-0.1, -0.05) is 12.8 Å². The van der Waals surface area contributed by atoms with Crippen molar-refractivity contribution in [3.05, 3.63) is 23.7 Å². The fourth-order valence-corrected chi connectivity index (χ4v) is 3.11. The molecule has 1 aromatic heterocycles. The molecule has 3 heteroatoms. The van der Waals surface area contributed by atoms with Crippen LogP contribution in [0.1, 0.15) is 43.3 Å². The smallest absolute Gasteiger partial charge is 0.134 e. The summed E-state index contributed by atoms with van der Waals surface area (Å²) in [7, 11) is 0. The SMILES string of the molecule is Cc1ccc(C2CNCC3(CCCC3)CO2)o1. The Morgan fingerprint density at radius 1 is 1.29 bits per heavy atom. The van der Waals surface area contributed by atoms with Crippen molar-refractivity contribution in [2.75, 3.05) is 19.7 Å². The predicted octanol–water partition coefficient (Wildman–Crippen LogP) is 2.81. The average molecular weight is 235 g/mol. The molecular formula is C14H21NO2. The van der Waals surface area contributed by atoms with Gasteiger partial charge < -0.3 is 14.5 Å². The molecule has 1 N–H and O–H groups in total. The van der Waals surface area contributed by atoms with E-state index in [1.165, 1.54) is 25.7 Å². The van der Waals surface area contributed by atoms with Crippen molar-refractivity contribution in [1.29, 1.82) is 0 Å². The summed E-state index contributed by atoms with van der Waals surface area (Å²) in [6, 6.07) is 4.04. The van der Waals surface area contributed by atoms with E-state index in [-0.39, 0.29) is 6.10 Å². The lowest BCUT2D eigenvalue weighted by molar-refractivity contribution is 0.00521. The zero-order valence-electron chi connectivity index (χ0n) is 10.5. The van der Waals surface area contributed by atoms with Gasteiger partial charge in [-0.15, -0.1) is 0 Å². The molecule has 2 heterocycles. The number of hydrogen-bond acceptors (Lipinski definition) is 3. The van der Waals surface area contributed by atoms with E-state index < -0.39 is 0 Å². The van der Waals surface area contributed by atoms with Gasteiger partial charge in [0.05, 0.1) is 6.61 Å². The Bertz CT molecular complexity index is 379. The largest absolute Gasteiger partial charge is 0.464 e. The van der Waals surface area contributed by atoms with Crippen LogP contribution in [0.4, 0.5) is 0 Å². The fraction of sp³-hybridized carbons (Fsp3) is 0.714. The Morgan fingerprint density at radius 2 is 2.12 bits per heavy atom. The highest BCUT2D eigenvalue weighted by Crippen LogP contribution is 2.40. The summed E-state index contributed by atoms with van der Waals surface area (Å²) in [5.41, 5.74) is 0.399. The van der Waals surface area contributed by atoms with Crippen molar-refractivity contribution in [1.82, 2.24) is 5.32 Å². The third-order valence-electron chi connectivity index (χ3n) is 4.16. The molecular weight excluding hydrogens is 214 g/mol. The Kier molecular flexibility index (Phi) is 2.97. The summed E-state index contributed by atoms with van der Waals surface area (Å²) < 4.78 is 11.7. The number of furan rings is 1. The minimum atomic E-state index is 0.0867. The number of rotatable bonds is 1. The highest BCUT2D eigenvalue weighted by molar-refractivity contribution is 5.09. The molecule has 1 aliphatic carbocycles. The van der Waals surface area contributed by atoms with Crippen molar-refractivity contribution in [2.24, 2.45) is 5.41 Å². The van der Waals surface area contributed by atoms with Gasteiger partial charge in [0, 0.05) is 18.5 Å². The van der Waals surface area contributed by atoms with Gasteiger partial charge >= 0.3 is 0 Å². The first-order chi connectivity index (χ1) is 8.27. The molecule has 1 aliphatic heterocycles. The zero-order chi connectivity index (χ0) is 11.7. The van der Waals surface area contributed by atoms with Gasteiger partial charge in [-0.2, -0.15) is 0 Å². The number of ether oxygens (including phenoxy) is 1. The molecule has 1 aromatic rings. The third kappa shape index (κ3) is 2.26. The number of hydrogen-bond donors (Lipinski definition) is 1. The van der Waals surface area contributed by atoms with Crippen LogP contribution in [0, 0.1) is 12.3 Å². The maximum Gasteiger partial charge on any atom is 0.134 e. The molecule has 3 nitrogen and oxygen atoms in total. The van der Waals surface area contributed by atoms with Crippen molar-refractivity contribution in [3.8, 4) is 0 Å². The molecule has 3 rings (SSSR count).